The molecule has 0 aromatic carbocycles. The van der Waals surface area contributed by atoms with Gasteiger partial charge in [0.25, 0.3) is 0 Å². The zero-order valence-electron chi connectivity index (χ0n) is 16.1. The molecule has 0 radical (unpaired) electrons. The number of anilines is 1. The molecule has 10 nitrogen and oxygen atoms in total. The molecule has 0 aliphatic carbocycles. The van der Waals surface area contributed by atoms with Gasteiger partial charge in [-0.25, -0.2) is 13.4 Å². The summed E-state index contributed by atoms with van der Waals surface area (Å²) in [6, 6.07) is 3.15. The monoisotopic (exact) mass is 448 g/mol. The molecule has 1 aliphatic heterocycles. The van der Waals surface area contributed by atoms with Gasteiger partial charge in [-0.05, 0) is 12.1 Å². The van der Waals surface area contributed by atoms with Crippen molar-refractivity contribution in [3.8, 4) is 11.4 Å². The fraction of sp³-hybridized carbons (Fsp3) is 0.500. The summed E-state index contributed by atoms with van der Waals surface area (Å²) in [4.78, 5) is 23.3. The number of halogens is 3. The zero-order chi connectivity index (χ0) is 22.1. The number of rotatable bonds is 5. The third-order valence-electron chi connectivity index (χ3n) is 4.56. The van der Waals surface area contributed by atoms with Gasteiger partial charge in [-0.2, -0.15) is 22.5 Å². The van der Waals surface area contributed by atoms with E-state index in [-0.39, 0.29) is 23.8 Å². The van der Waals surface area contributed by atoms with Crippen LogP contribution in [0.4, 0.5) is 19.0 Å². The molecule has 3 heterocycles. The molecule has 0 N–H and O–H groups in total. The minimum absolute atomic E-state index is 0.216. The Morgan fingerprint density at radius 1 is 1.23 bits per heavy atom. The Morgan fingerprint density at radius 2 is 1.90 bits per heavy atom. The van der Waals surface area contributed by atoms with Crippen molar-refractivity contribution < 1.29 is 30.9 Å². The highest BCUT2D eigenvalue weighted by atomic mass is 32.2. The SMILES string of the molecule is CN(CC(=O)N1CCN(c2ccc(-c3noc(C(F)(F)F)n3)cn2)CC1)S(C)(=O)=O. The van der Waals surface area contributed by atoms with Crippen LogP contribution in [0.1, 0.15) is 5.89 Å². The number of carbonyl (C=O) groups is 1. The number of aromatic nitrogens is 3. The Morgan fingerprint density at radius 3 is 2.40 bits per heavy atom. The predicted molar refractivity (Wildman–Crippen MR) is 98.8 cm³/mol. The number of amides is 1. The summed E-state index contributed by atoms with van der Waals surface area (Å²) >= 11 is 0. The van der Waals surface area contributed by atoms with Crippen LogP contribution in [0.25, 0.3) is 11.4 Å². The van der Waals surface area contributed by atoms with Crippen molar-refractivity contribution in [2.24, 2.45) is 0 Å². The average molecular weight is 448 g/mol. The second-order valence-electron chi connectivity index (χ2n) is 6.71. The second-order valence-corrected chi connectivity index (χ2v) is 8.80. The minimum Gasteiger partial charge on any atom is -0.353 e. The lowest BCUT2D eigenvalue weighted by molar-refractivity contribution is -0.159. The molecule has 3 rings (SSSR count). The first-order valence-electron chi connectivity index (χ1n) is 8.76. The Kier molecular flexibility index (Phi) is 5.99. The van der Waals surface area contributed by atoms with Crippen LogP contribution in [0, 0.1) is 0 Å². The van der Waals surface area contributed by atoms with Crippen molar-refractivity contribution in [1.29, 1.82) is 0 Å². The molecule has 0 saturated carbocycles. The fourth-order valence-corrected chi connectivity index (χ4v) is 3.10. The van der Waals surface area contributed by atoms with E-state index in [1.165, 1.54) is 19.3 Å². The molecule has 1 amide bonds. The van der Waals surface area contributed by atoms with E-state index in [4.69, 9.17) is 0 Å². The molecule has 1 saturated heterocycles. The molecular formula is C16H19F3N6O4S. The normalized spacial score (nSPS) is 15.7. The maximum Gasteiger partial charge on any atom is 0.471 e. The number of hydrogen-bond acceptors (Lipinski definition) is 8. The quantitative estimate of drug-likeness (QED) is 0.657. The summed E-state index contributed by atoms with van der Waals surface area (Å²) < 4.78 is 65.8. The van der Waals surface area contributed by atoms with Gasteiger partial charge in [0, 0.05) is 45.0 Å². The summed E-state index contributed by atoms with van der Waals surface area (Å²) in [5.74, 6) is -1.35. The Labute approximate surface area is 170 Å². The van der Waals surface area contributed by atoms with Crippen molar-refractivity contribution in [3.63, 3.8) is 0 Å². The maximum absolute atomic E-state index is 12.6. The van der Waals surface area contributed by atoms with E-state index < -0.39 is 22.1 Å². The third kappa shape index (κ3) is 5.05. The van der Waals surface area contributed by atoms with Crippen molar-refractivity contribution >= 4 is 21.7 Å². The van der Waals surface area contributed by atoms with Crippen LogP contribution >= 0.6 is 0 Å². The highest BCUT2D eigenvalue weighted by Crippen LogP contribution is 2.29. The summed E-state index contributed by atoms with van der Waals surface area (Å²) in [7, 11) is -2.09. The van der Waals surface area contributed by atoms with Crippen LogP contribution in [0.5, 0.6) is 0 Å². The molecule has 0 unspecified atom stereocenters. The molecular weight excluding hydrogens is 429 g/mol. The molecule has 164 valence electrons. The summed E-state index contributed by atoms with van der Waals surface area (Å²) in [6.45, 7) is 1.50. The van der Waals surface area contributed by atoms with Crippen LogP contribution in [0.2, 0.25) is 0 Å². The summed E-state index contributed by atoms with van der Waals surface area (Å²) in [6.07, 6.45) is -2.34. The number of nitrogens with zero attached hydrogens (tertiary/aromatic N) is 6. The van der Waals surface area contributed by atoms with E-state index in [0.717, 1.165) is 10.6 Å². The number of hydrogen-bond donors (Lipinski definition) is 0. The van der Waals surface area contributed by atoms with Gasteiger partial charge in [0.05, 0.1) is 12.8 Å². The van der Waals surface area contributed by atoms with E-state index in [2.05, 4.69) is 19.6 Å². The molecule has 2 aromatic heterocycles. The van der Waals surface area contributed by atoms with E-state index in [1.54, 1.807) is 11.0 Å². The lowest BCUT2D eigenvalue weighted by Crippen LogP contribution is -2.51. The predicted octanol–water partition coefficient (Wildman–Crippen LogP) is 0.690. The maximum atomic E-state index is 12.6. The fourth-order valence-electron chi connectivity index (χ4n) is 2.75. The molecule has 1 fully saturated rings. The van der Waals surface area contributed by atoms with Crippen LogP contribution in [-0.2, 0) is 21.0 Å². The minimum atomic E-state index is -4.72. The van der Waals surface area contributed by atoms with Crippen molar-refractivity contribution in [2.75, 3.05) is 50.9 Å². The molecule has 1 aliphatic rings. The van der Waals surface area contributed by atoms with Crippen LogP contribution in [-0.4, -0.2) is 84.7 Å². The molecule has 0 atom stereocenters. The van der Waals surface area contributed by atoms with Crippen molar-refractivity contribution in [3.05, 3.63) is 24.2 Å². The first kappa shape index (κ1) is 22.0. The average Bonchev–Trinajstić information content (AvgIpc) is 3.18. The van der Waals surface area contributed by atoms with Crippen LogP contribution in [0.15, 0.2) is 22.9 Å². The molecule has 0 spiro atoms. The number of likely N-dealkylation sites (N-methyl/N-ethyl adjacent to an activating group) is 1. The van der Waals surface area contributed by atoms with Gasteiger partial charge in [0.15, 0.2) is 0 Å². The van der Waals surface area contributed by atoms with Gasteiger partial charge in [-0.15, -0.1) is 0 Å². The number of carbonyl (C=O) groups excluding carboxylic acids is 1. The molecule has 0 bridgehead atoms. The van der Waals surface area contributed by atoms with Gasteiger partial charge >= 0.3 is 12.1 Å². The topological polar surface area (TPSA) is 113 Å². The van der Waals surface area contributed by atoms with Gasteiger partial charge in [0.2, 0.25) is 21.8 Å². The van der Waals surface area contributed by atoms with Crippen LogP contribution in [0.3, 0.4) is 0 Å². The van der Waals surface area contributed by atoms with Gasteiger partial charge in [-0.1, -0.05) is 5.16 Å². The number of alkyl halides is 3. The van der Waals surface area contributed by atoms with Crippen LogP contribution < -0.4 is 4.90 Å². The third-order valence-corrected chi connectivity index (χ3v) is 5.82. The summed E-state index contributed by atoms with van der Waals surface area (Å²) in [5, 5.41) is 3.31. The number of piperazine rings is 1. The zero-order valence-corrected chi connectivity index (χ0v) is 16.9. The van der Waals surface area contributed by atoms with Crippen molar-refractivity contribution in [2.45, 2.75) is 6.18 Å². The highest BCUT2D eigenvalue weighted by molar-refractivity contribution is 7.88. The van der Waals surface area contributed by atoms with E-state index in [9.17, 15) is 26.4 Å². The Bertz CT molecular complexity index is 1000. The van der Waals surface area contributed by atoms with E-state index in [0.29, 0.717) is 32.0 Å². The Hall–Kier alpha value is -2.74. The lowest BCUT2D eigenvalue weighted by atomic mass is 10.2. The Balaban J connectivity index is 1.59. The van der Waals surface area contributed by atoms with E-state index in [1.807, 2.05) is 4.90 Å². The number of pyridine rings is 1. The summed E-state index contributed by atoms with van der Waals surface area (Å²) in [5.41, 5.74) is 0.274. The number of sulfonamides is 1. The molecule has 2 aromatic rings. The van der Waals surface area contributed by atoms with Gasteiger partial charge in [-0.3, -0.25) is 4.79 Å². The standard InChI is InChI=1S/C16H19F3N6O4S/c1-23(30(2,27)28)10-13(26)25-7-5-24(6-8-25)12-4-3-11(9-20-12)14-21-15(29-22-14)16(17,18)19/h3-4,9H,5-8,10H2,1-2H3. The highest BCUT2D eigenvalue weighted by Gasteiger charge is 2.38. The smallest absolute Gasteiger partial charge is 0.353 e. The molecule has 14 heteroatoms. The van der Waals surface area contributed by atoms with Gasteiger partial charge in [0.1, 0.15) is 5.82 Å². The molecule has 30 heavy (non-hydrogen) atoms. The van der Waals surface area contributed by atoms with Gasteiger partial charge < -0.3 is 14.3 Å². The van der Waals surface area contributed by atoms with Crippen molar-refractivity contribution in [1.82, 2.24) is 24.3 Å². The van der Waals surface area contributed by atoms with E-state index >= 15 is 0 Å². The lowest BCUT2D eigenvalue weighted by Gasteiger charge is -2.36. The first-order chi connectivity index (χ1) is 13.9. The first-order valence-corrected chi connectivity index (χ1v) is 10.6. The largest absolute Gasteiger partial charge is 0.471 e. The second kappa shape index (κ2) is 8.18.